The molecule has 0 unspecified atom stereocenters. The van der Waals surface area contributed by atoms with Crippen molar-refractivity contribution in [2.45, 2.75) is 26.2 Å². The molecule has 0 aliphatic rings. The molecular formula is C5H17NOSi. The lowest BCUT2D eigenvalue weighted by atomic mass is 10.3. The molecule has 0 saturated carbocycles. The Morgan fingerprint density at radius 1 is 1.38 bits per heavy atom. The van der Waals surface area contributed by atoms with Gasteiger partial charge in [-0.25, -0.2) is 0 Å². The molecule has 3 N–H and O–H groups in total. The fourth-order valence-corrected chi connectivity index (χ4v) is 0.785. The first kappa shape index (κ1) is 11.0. The van der Waals surface area contributed by atoms with Gasteiger partial charge in [-0.3, -0.25) is 0 Å². The third-order valence-corrected chi connectivity index (χ3v) is 1.36. The molecule has 0 fully saturated rings. The quantitative estimate of drug-likeness (QED) is 0.454. The normalized spacial score (nSPS) is 8.62. The first-order valence-corrected chi connectivity index (χ1v) is 3.72. The van der Waals surface area contributed by atoms with Gasteiger partial charge in [0.25, 0.3) is 0 Å². The summed E-state index contributed by atoms with van der Waals surface area (Å²) in [5.41, 5.74) is 0. The fraction of sp³-hybridized carbons (Fsp3) is 1.00. The average Bonchev–Trinajstić information content (AvgIpc) is 1.69. The summed E-state index contributed by atoms with van der Waals surface area (Å²) >= 11 is 0. The van der Waals surface area contributed by atoms with Gasteiger partial charge in [-0.05, 0) is 6.42 Å². The Kier molecular flexibility index (Phi) is 14.0. The lowest BCUT2D eigenvalue weighted by molar-refractivity contribution is 0.335. The molecule has 0 aromatic heterocycles. The monoisotopic (exact) mass is 135 g/mol. The highest BCUT2D eigenvalue weighted by molar-refractivity contribution is 5.97. The maximum absolute atomic E-state index is 4.98. The standard InChI is InChI=1S/C5H14OSi.H3N/c1-2-3-4-5-6-7;/h2-5H2,1,7H3;1H3. The molecule has 0 aliphatic heterocycles. The summed E-state index contributed by atoms with van der Waals surface area (Å²) in [5, 5.41) is 0. The second-order valence-corrected chi connectivity index (χ2v) is 2.28. The van der Waals surface area contributed by atoms with Crippen molar-refractivity contribution in [3.63, 3.8) is 0 Å². The van der Waals surface area contributed by atoms with Crippen molar-refractivity contribution >= 4 is 10.5 Å². The molecule has 0 bridgehead atoms. The van der Waals surface area contributed by atoms with Crippen LogP contribution < -0.4 is 6.15 Å². The first-order chi connectivity index (χ1) is 3.41. The van der Waals surface area contributed by atoms with Crippen LogP contribution in [0.25, 0.3) is 0 Å². The van der Waals surface area contributed by atoms with Gasteiger partial charge in [0.1, 0.15) is 10.5 Å². The van der Waals surface area contributed by atoms with Crippen molar-refractivity contribution in [3.8, 4) is 0 Å². The minimum Gasteiger partial charge on any atom is -0.428 e. The van der Waals surface area contributed by atoms with Gasteiger partial charge in [0.15, 0.2) is 0 Å². The molecule has 0 rings (SSSR count). The van der Waals surface area contributed by atoms with E-state index in [0.717, 1.165) is 17.1 Å². The van der Waals surface area contributed by atoms with E-state index in [0.29, 0.717) is 0 Å². The molecular weight excluding hydrogens is 118 g/mol. The van der Waals surface area contributed by atoms with Crippen molar-refractivity contribution in [1.29, 1.82) is 0 Å². The van der Waals surface area contributed by atoms with Crippen molar-refractivity contribution in [2.24, 2.45) is 0 Å². The SMILES string of the molecule is CCCCCO[SiH3].N. The van der Waals surface area contributed by atoms with Crippen LogP contribution in [0.3, 0.4) is 0 Å². The Bertz CT molecular complexity index is 31.6. The van der Waals surface area contributed by atoms with Gasteiger partial charge in [-0.1, -0.05) is 19.8 Å². The van der Waals surface area contributed by atoms with Crippen LogP contribution in [0.15, 0.2) is 0 Å². The second kappa shape index (κ2) is 10.2. The summed E-state index contributed by atoms with van der Waals surface area (Å²) in [4.78, 5) is 0. The van der Waals surface area contributed by atoms with Gasteiger partial charge >= 0.3 is 0 Å². The van der Waals surface area contributed by atoms with Gasteiger partial charge in [0.05, 0.1) is 0 Å². The first-order valence-electron chi connectivity index (χ1n) is 2.90. The number of rotatable bonds is 4. The highest BCUT2D eigenvalue weighted by atomic mass is 28.2. The summed E-state index contributed by atoms with van der Waals surface area (Å²) in [7, 11) is 0.906. The largest absolute Gasteiger partial charge is 0.428 e. The summed E-state index contributed by atoms with van der Waals surface area (Å²) < 4.78 is 4.98. The molecule has 0 heterocycles. The van der Waals surface area contributed by atoms with Crippen molar-refractivity contribution in [2.75, 3.05) is 6.61 Å². The number of unbranched alkanes of at least 4 members (excludes halogenated alkanes) is 2. The minimum atomic E-state index is 0. The molecule has 2 nitrogen and oxygen atoms in total. The summed E-state index contributed by atoms with van der Waals surface area (Å²) in [6, 6.07) is 0. The Labute approximate surface area is 54.7 Å². The molecule has 0 radical (unpaired) electrons. The van der Waals surface area contributed by atoms with E-state index < -0.39 is 0 Å². The predicted octanol–water partition coefficient (Wildman–Crippen LogP) is 0.636. The van der Waals surface area contributed by atoms with Gasteiger partial charge in [-0.2, -0.15) is 0 Å². The molecule has 0 aromatic rings. The maximum Gasteiger partial charge on any atom is 0.145 e. The van der Waals surface area contributed by atoms with Gasteiger partial charge in [0, 0.05) is 6.61 Å². The summed E-state index contributed by atoms with van der Waals surface area (Å²) in [5.74, 6) is 0. The molecule has 52 valence electrons. The highest BCUT2D eigenvalue weighted by Crippen LogP contribution is 1.91. The number of hydrogen-bond donors (Lipinski definition) is 1. The Balaban J connectivity index is 0. The zero-order valence-corrected chi connectivity index (χ0v) is 7.94. The average molecular weight is 135 g/mol. The van der Waals surface area contributed by atoms with Crippen LogP contribution in [-0.4, -0.2) is 17.1 Å². The second-order valence-electron chi connectivity index (χ2n) is 1.70. The highest BCUT2D eigenvalue weighted by Gasteiger charge is 1.79. The van der Waals surface area contributed by atoms with Gasteiger partial charge < -0.3 is 10.6 Å². The van der Waals surface area contributed by atoms with Gasteiger partial charge in [0.2, 0.25) is 0 Å². The molecule has 0 aliphatic carbocycles. The minimum absolute atomic E-state index is 0. The van der Waals surface area contributed by atoms with Crippen LogP contribution in [0.5, 0.6) is 0 Å². The summed E-state index contributed by atoms with van der Waals surface area (Å²) in [6.07, 6.45) is 3.87. The van der Waals surface area contributed by atoms with Crippen LogP contribution in [0.4, 0.5) is 0 Å². The van der Waals surface area contributed by atoms with Crippen LogP contribution in [0.2, 0.25) is 0 Å². The van der Waals surface area contributed by atoms with E-state index in [4.69, 9.17) is 4.43 Å². The van der Waals surface area contributed by atoms with Gasteiger partial charge in [-0.15, -0.1) is 0 Å². The molecule has 0 amide bonds. The Hall–Kier alpha value is 0.137. The van der Waals surface area contributed by atoms with E-state index in [1.807, 2.05) is 0 Å². The fourth-order valence-electron chi connectivity index (χ4n) is 0.496. The van der Waals surface area contributed by atoms with Crippen molar-refractivity contribution < 1.29 is 4.43 Å². The van der Waals surface area contributed by atoms with Crippen LogP contribution in [-0.2, 0) is 4.43 Å². The van der Waals surface area contributed by atoms with Crippen molar-refractivity contribution in [1.82, 2.24) is 6.15 Å². The third-order valence-electron chi connectivity index (χ3n) is 0.952. The lowest BCUT2D eigenvalue weighted by Gasteiger charge is -1.93. The molecule has 3 heteroatoms. The van der Waals surface area contributed by atoms with E-state index in [1.165, 1.54) is 19.3 Å². The molecule has 0 spiro atoms. The van der Waals surface area contributed by atoms with E-state index in [9.17, 15) is 0 Å². The van der Waals surface area contributed by atoms with E-state index >= 15 is 0 Å². The number of hydrogen-bond acceptors (Lipinski definition) is 2. The third kappa shape index (κ3) is 9.46. The van der Waals surface area contributed by atoms with Crippen LogP contribution in [0.1, 0.15) is 26.2 Å². The van der Waals surface area contributed by atoms with Crippen molar-refractivity contribution in [3.05, 3.63) is 0 Å². The molecule has 0 saturated heterocycles. The zero-order chi connectivity index (χ0) is 5.54. The Morgan fingerprint density at radius 2 is 2.00 bits per heavy atom. The van der Waals surface area contributed by atoms with Crippen LogP contribution in [0, 0.1) is 0 Å². The zero-order valence-electron chi connectivity index (χ0n) is 5.94. The topological polar surface area (TPSA) is 44.2 Å². The molecule has 0 atom stereocenters. The smallest absolute Gasteiger partial charge is 0.145 e. The van der Waals surface area contributed by atoms with E-state index in [2.05, 4.69) is 6.92 Å². The predicted molar refractivity (Wildman–Crippen MR) is 40.4 cm³/mol. The van der Waals surface area contributed by atoms with Crippen LogP contribution >= 0.6 is 0 Å². The van der Waals surface area contributed by atoms with E-state index in [1.54, 1.807) is 0 Å². The molecule has 8 heavy (non-hydrogen) atoms. The Morgan fingerprint density at radius 3 is 2.38 bits per heavy atom. The summed E-state index contributed by atoms with van der Waals surface area (Å²) in [6.45, 7) is 3.19. The maximum atomic E-state index is 4.98. The molecule has 0 aromatic carbocycles. The van der Waals surface area contributed by atoms with E-state index in [-0.39, 0.29) is 6.15 Å². The lowest BCUT2D eigenvalue weighted by Crippen LogP contribution is -1.87.